The van der Waals surface area contributed by atoms with Crippen molar-refractivity contribution in [2.75, 3.05) is 5.32 Å². The maximum absolute atomic E-state index is 13.2. The van der Waals surface area contributed by atoms with Crippen LogP contribution < -0.4 is 10.6 Å². The minimum atomic E-state index is -4.77. The summed E-state index contributed by atoms with van der Waals surface area (Å²) in [5.41, 5.74) is -1.43. The first-order valence-electron chi connectivity index (χ1n) is 7.10. The van der Waals surface area contributed by atoms with Gasteiger partial charge in [-0.25, -0.2) is 9.97 Å². The molecule has 1 aromatic carbocycles. The molecule has 0 saturated heterocycles. The number of nitrogens with one attached hydrogen (secondary N) is 2. The van der Waals surface area contributed by atoms with Gasteiger partial charge in [0.05, 0.1) is 5.56 Å². The Balaban J connectivity index is 1.90. The van der Waals surface area contributed by atoms with Gasteiger partial charge in [-0.15, -0.1) is 0 Å². The molecule has 1 saturated carbocycles. The Kier molecular flexibility index (Phi) is 4.31. The van der Waals surface area contributed by atoms with E-state index >= 15 is 0 Å². The summed E-state index contributed by atoms with van der Waals surface area (Å²) < 4.78 is 39.7. The average Bonchev–Trinajstić information content (AvgIpc) is 3.30. The molecule has 1 aliphatic carbocycles. The lowest BCUT2D eigenvalue weighted by molar-refractivity contribution is -0.141. The second-order valence-electron chi connectivity index (χ2n) is 5.34. The van der Waals surface area contributed by atoms with E-state index in [9.17, 15) is 18.0 Å². The van der Waals surface area contributed by atoms with Crippen LogP contribution >= 0.6 is 11.6 Å². The number of anilines is 2. The van der Waals surface area contributed by atoms with Crippen molar-refractivity contribution in [2.45, 2.75) is 25.1 Å². The SMILES string of the molecule is O=C(NC1CC1)c1cnc(Nc2cccc(Cl)c2)nc1C(F)(F)F. The first kappa shape index (κ1) is 16.5. The summed E-state index contributed by atoms with van der Waals surface area (Å²) in [5.74, 6) is -1.09. The van der Waals surface area contributed by atoms with E-state index in [0.717, 1.165) is 19.0 Å². The van der Waals surface area contributed by atoms with Gasteiger partial charge in [-0.3, -0.25) is 4.79 Å². The van der Waals surface area contributed by atoms with Gasteiger partial charge in [0.15, 0.2) is 5.69 Å². The Labute approximate surface area is 140 Å². The van der Waals surface area contributed by atoms with E-state index in [2.05, 4.69) is 20.6 Å². The molecule has 0 radical (unpaired) electrons. The van der Waals surface area contributed by atoms with Crippen molar-refractivity contribution in [1.29, 1.82) is 0 Å². The van der Waals surface area contributed by atoms with Gasteiger partial charge in [0.25, 0.3) is 5.91 Å². The molecule has 0 unspecified atom stereocenters. The van der Waals surface area contributed by atoms with Crippen molar-refractivity contribution >= 4 is 29.1 Å². The van der Waals surface area contributed by atoms with E-state index in [1.54, 1.807) is 18.2 Å². The summed E-state index contributed by atoms with van der Waals surface area (Å²) in [6.45, 7) is 0. The average molecular weight is 357 g/mol. The molecule has 9 heteroatoms. The molecule has 2 N–H and O–H groups in total. The molecule has 3 rings (SSSR count). The molecule has 1 heterocycles. The van der Waals surface area contributed by atoms with Gasteiger partial charge in [0.2, 0.25) is 5.95 Å². The summed E-state index contributed by atoms with van der Waals surface area (Å²) in [6, 6.07) is 6.32. The first-order chi connectivity index (χ1) is 11.3. The highest BCUT2D eigenvalue weighted by Gasteiger charge is 2.39. The van der Waals surface area contributed by atoms with E-state index in [1.165, 1.54) is 6.07 Å². The number of amides is 1. The summed E-state index contributed by atoms with van der Waals surface area (Å²) in [7, 11) is 0. The van der Waals surface area contributed by atoms with Gasteiger partial charge < -0.3 is 10.6 Å². The molecule has 24 heavy (non-hydrogen) atoms. The van der Waals surface area contributed by atoms with Gasteiger partial charge >= 0.3 is 6.18 Å². The van der Waals surface area contributed by atoms with Crippen molar-refractivity contribution in [1.82, 2.24) is 15.3 Å². The molecule has 0 atom stereocenters. The van der Waals surface area contributed by atoms with Crippen LogP contribution in [0.5, 0.6) is 0 Å². The molecule has 1 fully saturated rings. The first-order valence-corrected chi connectivity index (χ1v) is 7.48. The number of hydrogen-bond acceptors (Lipinski definition) is 4. The van der Waals surface area contributed by atoms with E-state index in [1.807, 2.05) is 0 Å². The zero-order valence-electron chi connectivity index (χ0n) is 12.2. The van der Waals surface area contributed by atoms with E-state index in [-0.39, 0.29) is 12.0 Å². The van der Waals surface area contributed by atoms with Crippen LogP contribution in [0.4, 0.5) is 24.8 Å². The van der Waals surface area contributed by atoms with Crippen molar-refractivity contribution in [3.63, 3.8) is 0 Å². The Morgan fingerprint density at radius 2 is 2.04 bits per heavy atom. The van der Waals surface area contributed by atoms with Crippen LogP contribution in [0.3, 0.4) is 0 Å². The Bertz CT molecular complexity index is 778. The molecular weight excluding hydrogens is 345 g/mol. The maximum atomic E-state index is 13.2. The zero-order valence-corrected chi connectivity index (χ0v) is 12.9. The fourth-order valence-electron chi connectivity index (χ4n) is 2.01. The van der Waals surface area contributed by atoms with Crippen LogP contribution in [-0.4, -0.2) is 21.9 Å². The van der Waals surface area contributed by atoms with Crippen molar-refractivity contribution in [2.24, 2.45) is 0 Å². The van der Waals surface area contributed by atoms with Gasteiger partial charge in [-0.1, -0.05) is 17.7 Å². The van der Waals surface area contributed by atoms with Crippen molar-refractivity contribution < 1.29 is 18.0 Å². The Morgan fingerprint density at radius 1 is 1.29 bits per heavy atom. The van der Waals surface area contributed by atoms with Crippen LogP contribution in [0.15, 0.2) is 30.5 Å². The third-order valence-corrected chi connectivity index (χ3v) is 3.53. The quantitative estimate of drug-likeness (QED) is 0.874. The summed E-state index contributed by atoms with van der Waals surface area (Å²) >= 11 is 5.82. The predicted octanol–water partition coefficient (Wildman–Crippen LogP) is 3.78. The number of carbonyl (C=O) groups is 1. The van der Waals surface area contributed by atoms with Gasteiger partial charge in [-0.2, -0.15) is 13.2 Å². The standard InChI is InChI=1S/C15H12ClF3N4O/c16-8-2-1-3-10(6-8)22-14-20-7-11(12(23-14)15(17,18)19)13(24)21-9-4-5-9/h1-3,6-7,9H,4-5H2,(H,21,24)(H,20,22,23). The highest BCUT2D eigenvalue weighted by Crippen LogP contribution is 2.32. The van der Waals surface area contributed by atoms with Crippen LogP contribution in [0.1, 0.15) is 28.9 Å². The number of nitrogens with zero attached hydrogens (tertiary/aromatic N) is 2. The topological polar surface area (TPSA) is 66.9 Å². The van der Waals surface area contributed by atoms with Gasteiger partial charge in [0.1, 0.15) is 0 Å². The van der Waals surface area contributed by atoms with E-state index in [0.29, 0.717) is 10.7 Å². The molecule has 0 aliphatic heterocycles. The number of hydrogen-bond donors (Lipinski definition) is 2. The maximum Gasteiger partial charge on any atom is 0.434 e. The molecule has 2 aromatic rings. The second kappa shape index (κ2) is 6.27. The number of alkyl halides is 3. The third-order valence-electron chi connectivity index (χ3n) is 3.30. The number of rotatable bonds is 4. The fraction of sp³-hybridized carbons (Fsp3) is 0.267. The zero-order chi connectivity index (χ0) is 17.3. The van der Waals surface area contributed by atoms with Crippen molar-refractivity contribution in [3.05, 3.63) is 46.7 Å². The molecular formula is C15H12ClF3N4O. The molecule has 5 nitrogen and oxygen atoms in total. The molecule has 1 aromatic heterocycles. The van der Waals surface area contributed by atoms with Crippen LogP contribution in [0.2, 0.25) is 5.02 Å². The number of carbonyl (C=O) groups excluding carboxylic acids is 1. The van der Waals surface area contributed by atoms with Crippen molar-refractivity contribution in [3.8, 4) is 0 Å². The van der Waals surface area contributed by atoms with E-state index < -0.39 is 23.3 Å². The fourth-order valence-corrected chi connectivity index (χ4v) is 2.20. The minimum Gasteiger partial charge on any atom is -0.349 e. The lowest BCUT2D eigenvalue weighted by Gasteiger charge is -2.13. The Hall–Kier alpha value is -2.35. The number of aromatic nitrogens is 2. The van der Waals surface area contributed by atoms with E-state index in [4.69, 9.17) is 11.6 Å². The molecule has 1 amide bonds. The van der Waals surface area contributed by atoms with Crippen LogP contribution in [0, 0.1) is 0 Å². The minimum absolute atomic E-state index is 0.0668. The molecule has 0 spiro atoms. The lowest BCUT2D eigenvalue weighted by atomic mass is 10.2. The lowest BCUT2D eigenvalue weighted by Crippen LogP contribution is -2.29. The molecule has 1 aliphatic rings. The normalized spacial score (nSPS) is 14.3. The smallest absolute Gasteiger partial charge is 0.349 e. The summed E-state index contributed by atoms with van der Waals surface area (Å²) in [4.78, 5) is 19.2. The monoisotopic (exact) mass is 356 g/mol. The summed E-state index contributed by atoms with van der Waals surface area (Å²) in [5, 5.41) is 5.55. The predicted molar refractivity (Wildman–Crippen MR) is 82.3 cm³/mol. The number of benzene rings is 1. The Morgan fingerprint density at radius 3 is 2.67 bits per heavy atom. The second-order valence-corrected chi connectivity index (χ2v) is 5.77. The summed E-state index contributed by atoms with van der Waals surface area (Å²) in [6.07, 6.45) is -2.37. The molecule has 0 bridgehead atoms. The largest absolute Gasteiger partial charge is 0.434 e. The van der Waals surface area contributed by atoms with Crippen LogP contribution in [-0.2, 0) is 6.18 Å². The van der Waals surface area contributed by atoms with Gasteiger partial charge in [-0.05, 0) is 31.0 Å². The van der Waals surface area contributed by atoms with Crippen LogP contribution in [0.25, 0.3) is 0 Å². The number of halogens is 4. The van der Waals surface area contributed by atoms with Gasteiger partial charge in [0, 0.05) is 22.9 Å². The highest BCUT2D eigenvalue weighted by atomic mass is 35.5. The molecule has 126 valence electrons. The third kappa shape index (κ3) is 3.94. The highest BCUT2D eigenvalue weighted by molar-refractivity contribution is 6.30.